The molecule has 2 N–H and O–H groups in total. The fraction of sp³-hybridized carbons (Fsp3) is 0.250. The number of halogens is 1. The second-order valence-electron chi connectivity index (χ2n) is 4.86. The first-order valence-electron chi connectivity index (χ1n) is 6.39. The number of hydrogen-bond acceptors (Lipinski definition) is 3. The minimum atomic E-state index is -0.398. The molecule has 2 aromatic carbocycles. The first-order chi connectivity index (χ1) is 9.52. The fourth-order valence-corrected chi connectivity index (χ4v) is 2.05. The van der Waals surface area contributed by atoms with E-state index in [0.717, 1.165) is 16.8 Å². The zero-order valence-corrected chi connectivity index (χ0v) is 11.9. The van der Waals surface area contributed by atoms with Gasteiger partial charge in [0.1, 0.15) is 0 Å². The second-order valence-corrected chi connectivity index (χ2v) is 4.86. The van der Waals surface area contributed by atoms with E-state index in [-0.39, 0.29) is 11.8 Å². The summed E-state index contributed by atoms with van der Waals surface area (Å²) in [5, 5.41) is 0. The van der Waals surface area contributed by atoms with Crippen molar-refractivity contribution in [2.24, 2.45) is 5.73 Å². The molecule has 2 rings (SSSR count). The van der Waals surface area contributed by atoms with Crippen molar-refractivity contribution in [2.45, 2.75) is 6.04 Å². The lowest BCUT2D eigenvalue weighted by Gasteiger charge is -2.16. The quantitative estimate of drug-likeness (QED) is 0.931. The van der Waals surface area contributed by atoms with Gasteiger partial charge in [-0.2, -0.15) is 0 Å². The van der Waals surface area contributed by atoms with E-state index < -0.39 is 5.82 Å². The normalized spacial score (nSPS) is 12.1. The summed E-state index contributed by atoms with van der Waals surface area (Å²) in [7, 11) is 5.40. The SMILES string of the molecule is COc1ccc(C(N)c2ccc(N(C)C)cc2)cc1F. The van der Waals surface area contributed by atoms with Gasteiger partial charge in [0, 0.05) is 19.8 Å². The summed E-state index contributed by atoms with van der Waals surface area (Å²) >= 11 is 0. The number of ether oxygens (including phenoxy) is 1. The Morgan fingerprint density at radius 1 is 1.05 bits per heavy atom. The highest BCUT2D eigenvalue weighted by atomic mass is 19.1. The van der Waals surface area contributed by atoms with E-state index in [4.69, 9.17) is 10.5 Å². The molecule has 2 aromatic rings. The zero-order chi connectivity index (χ0) is 14.7. The molecule has 0 saturated heterocycles. The van der Waals surface area contributed by atoms with Crippen molar-refractivity contribution >= 4 is 5.69 Å². The number of benzene rings is 2. The molecule has 0 saturated carbocycles. The Morgan fingerprint density at radius 2 is 1.65 bits per heavy atom. The maximum absolute atomic E-state index is 13.7. The maximum Gasteiger partial charge on any atom is 0.165 e. The summed E-state index contributed by atoms with van der Waals surface area (Å²) in [6.07, 6.45) is 0. The van der Waals surface area contributed by atoms with Crippen molar-refractivity contribution in [2.75, 3.05) is 26.1 Å². The molecule has 0 aliphatic carbocycles. The largest absolute Gasteiger partial charge is 0.494 e. The number of rotatable bonds is 4. The van der Waals surface area contributed by atoms with Crippen molar-refractivity contribution in [3.05, 3.63) is 59.4 Å². The van der Waals surface area contributed by atoms with Crippen molar-refractivity contribution in [1.82, 2.24) is 0 Å². The molecule has 0 amide bonds. The van der Waals surface area contributed by atoms with Gasteiger partial charge in [0.2, 0.25) is 0 Å². The van der Waals surface area contributed by atoms with Crippen LogP contribution in [0.15, 0.2) is 42.5 Å². The molecule has 1 atom stereocenters. The standard InChI is InChI=1S/C16H19FN2O/c1-19(2)13-7-4-11(5-8-13)16(18)12-6-9-15(20-3)14(17)10-12/h4-10,16H,18H2,1-3H3. The minimum absolute atomic E-state index is 0.226. The van der Waals surface area contributed by atoms with E-state index >= 15 is 0 Å². The number of nitrogens with two attached hydrogens (primary N) is 1. The van der Waals surface area contributed by atoms with Crippen molar-refractivity contribution < 1.29 is 9.13 Å². The Morgan fingerprint density at radius 3 is 2.15 bits per heavy atom. The lowest BCUT2D eigenvalue weighted by Crippen LogP contribution is -2.13. The first kappa shape index (κ1) is 14.3. The number of methoxy groups -OCH3 is 1. The van der Waals surface area contributed by atoms with Gasteiger partial charge in [-0.05, 0) is 35.4 Å². The van der Waals surface area contributed by atoms with Crippen LogP contribution >= 0.6 is 0 Å². The molecule has 0 radical (unpaired) electrons. The zero-order valence-electron chi connectivity index (χ0n) is 11.9. The third-order valence-corrected chi connectivity index (χ3v) is 3.30. The van der Waals surface area contributed by atoms with Gasteiger partial charge in [0.05, 0.1) is 13.2 Å². The highest BCUT2D eigenvalue weighted by Crippen LogP contribution is 2.25. The van der Waals surface area contributed by atoms with Crippen LogP contribution in [0.4, 0.5) is 10.1 Å². The van der Waals surface area contributed by atoms with Crippen molar-refractivity contribution in [3.8, 4) is 5.75 Å². The summed E-state index contributed by atoms with van der Waals surface area (Å²) in [5.74, 6) is -0.172. The fourth-order valence-electron chi connectivity index (χ4n) is 2.05. The summed E-state index contributed by atoms with van der Waals surface area (Å²) in [6.45, 7) is 0. The lowest BCUT2D eigenvalue weighted by atomic mass is 9.99. The van der Waals surface area contributed by atoms with Crippen molar-refractivity contribution in [3.63, 3.8) is 0 Å². The first-order valence-corrected chi connectivity index (χ1v) is 6.39. The molecule has 0 fully saturated rings. The number of nitrogens with zero attached hydrogens (tertiary/aromatic N) is 1. The molecule has 1 unspecified atom stereocenters. The van der Waals surface area contributed by atoms with Crippen LogP contribution in [0.3, 0.4) is 0 Å². The van der Waals surface area contributed by atoms with E-state index in [1.807, 2.05) is 43.3 Å². The van der Waals surface area contributed by atoms with Crippen LogP contribution in [0.5, 0.6) is 5.75 Å². The predicted molar refractivity (Wildman–Crippen MR) is 79.8 cm³/mol. The minimum Gasteiger partial charge on any atom is -0.494 e. The van der Waals surface area contributed by atoms with Gasteiger partial charge >= 0.3 is 0 Å². The van der Waals surface area contributed by atoms with Crippen LogP contribution in [0.2, 0.25) is 0 Å². The average Bonchev–Trinajstić information content (AvgIpc) is 2.46. The van der Waals surface area contributed by atoms with E-state index in [0.29, 0.717) is 0 Å². The lowest BCUT2D eigenvalue weighted by molar-refractivity contribution is 0.386. The van der Waals surface area contributed by atoms with Crippen LogP contribution in [0.25, 0.3) is 0 Å². The van der Waals surface area contributed by atoms with Gasteiger partial charge in [-0.1, -0.05) is 18.2 Å². The van der Waals surface area contributed by atoms with Crippen LogP contribution < -0.4 is 15.4 Å². The monoisotopic (exact) mass is 274 g/mol. The van der Waals surface area contributed by atoms with E-state index in [1.54, 1.807) is 12.1 Å². The molecule has 4 heteroatoms. The van der Waals surface area contributed by atoms with Gasteiger partial charge in [0.25, 0.3) is 0 Å². The predicted octanol–water partition coefficient (Wildman–Crippen LogP) is 2.95. The molecule has 0 aromatic heterocycles. The molecule has 106 valence electrons. The Hall–Kier alpha value is -2.07. The maximum atomic E-state index is 13.7. The molecule has 0 heterocycles. The highest BCUT2D eigenvalue weighted by molar-refractivity contribution is 5.47. The van der Waals surface area contributed by atoms with Crippen LogP contribution in [-0.4, -0.2) is 21.2 Å². The van der Waals surface area contributed by atoms with E-state index in [2.05, 4.69) is 0 Å². The molecule has 3 nitrogen and oxygen atoms in total. The van der Waals surface area contributed by atoms with Crippen LogP contribution in [0, 0.1) is 5.82 Å². The molecular weight excluding hydrogens is 255 g/mol. The Balaban J connectivity index is 2.26. The van der Waals surface area contributed by atoms with E-state index in [1.165, 1.54) is 13.2 Å². The highest BCUT2D eigenvalue weighted by Gasteiger charge is 2.12. The smallest absolute Gasteiger partial charge is 0.165 e. The molecule has 0 aliphatic heterocycles. The Labute approximate surface area is 118 Å². The molecular formula is C16H19FN2O. The topological polar surface area (TPSA) is 38.5 Å². The van der Waals surface area contributed by atoms with Crippen molar-refractivity contribution in [1.29, 1.82) is 0 Å². The summed E-state index contributed by atoms with van der Waals surface area (Å²) in [6, 6.07) is 12.4. The molecule has 20 heavy (non-hydrogen) atoms. The molecule has 0 spiro atoms. The Bertz CT molecular complexity index is 582. The third-order valence-electron chi connectivity index (χ3n) is 3.30. The third kappa shape index (κ3) is 2.91. The summed E-state index contributed by atoms with van der Waals surface area (Å²) in [5.41, 5.74) is 8.95. The van der Waals surface area contributed by atoms with Crippen LogP contribution in [-0.2, 0) is 0 Å². The number of anilines is 1. The number of hydrogen-bond donors (Lipinski definition) is 1. The van der Waals surface area contributed by atoms with Gasteiger partial charge in [0.15, 0.2) is 11.6 Å². The van der Waals surface area contributed by atoms with Gasteiger partial charge in [-0.15, -0.1) is 0 Å². The van der Waals surface area contributed by atoms with Gasteiger partial charge < -0.3 is 15.4 Å². The van der Waals surface area contributed by atoms with E-state index in [9.17, 15) is 4.39 Å². The second kappa shape index (κ2) is 5.92. The Kier molecular flexibility index (Phi) is 4.25. The van der Waals surface area contributed by atoms with Gasteiger partial charge in [-0.3, -0.25) is 0 Å². The van der Waals surface area contributed by atoms with Gasteiger partial charge in [-0.25, -0.2) is 4.39 Å². The molecule has 0 aliphatic rings. The average molecular weight is 274 g/mol. The molecule has 0 bridgehead atoms. The summed E-state index contributed by atoms with van der Waals surface area (Å²) in [4.78, 5) is 2.02. The van der Waals surface area contributed by atoms with Crippen LogP contribution in [0.1, 0.15) is 17.2 Å². The summed E-state index contributed by atoms with van der Waals surface area (Å²) < 4.78 is 18.6.